The molecule has 1 heterocycles. The predicted molar refractivity (Wildman–Crippen MR) is 60.5 cm³/mol. The number of nitrogens with zero attached hydrogens (tertiary/aromatic N) is 1. The second kappa shape index (κ2) is 4.24. The summed E-state index contributed by atoms with van der Waals surface area (Å²) in [6.45, 7) is 0. The van der Waals surface area contributed by atoms with E-state index in [1.165, 1.54) is 26.6 Å². The lowest BCUT2D eigenvalue weighted by atomic mass is 9.64. The Morgan fingerprint density at radius 1 is 1.29 bits per heavy atom. The molecule has 5 nitrogen and oxygen atoms in total. The zero-order chi connectivity index (χ0) is 12.5. The number of aliphatic carboxylic acids is 1. The van der Waals surface area contributed by atoms with Gasteiger partial charge in [-0.3, -0.25) is 9.78 Å². The van der Waals surface area contributed by atoms with Crippen molar-refractivity contribution in [2.24, 2.45) is 0 Å². The fourth-order valence-corrected chi connectivity index (χ4v) is 2.31. The van der Waals surface area contributed by atoms with Gasteiger partial charge in [-0.05, 0) is 12.8 Å². The van der Waals surface area contributed by atoms with Crippen molar-refractivity contribution in [3.8, 4) is 11.5 Å². The number of carboxylic acids is 1. The molecular formula is C12H15NO4. The average Bonchev–Trinajstić information content (AvgIpc) is 2.27. The van der Waals surface area contributed by atoms with Crippen LogP contribution >= 0.6 is 0 Å². The summed E-state index contributed by atoms with van der Waals surface area (Å²) >= 11 is 0. The van der Waals surface area contributed by atoms with Crippen molar-refractivity contribution in [1.82, 2.24) is 4.98 Å². The lowest BCUT2D eigenvalue weighted by Gasteiger charge is -2.39. The molecule has 17 heavy (non-hydrogen) atoms. The van der Waals surface area contributed by atoms with Gasteiger partial charge in [-0.2, -0.15) is 0 Å². The molecule has 1 aliphatic rings. The number of carbonyl (C=O) groups is 1. The number of hydrogen-bond acceptors (Lipinski definition) is 4. The molecule has 2 rings (SSSR count). The van der Waals surface area contributed by atoms with Crippen LogP contribution in [-0.4, -0.2) is 30.3 Å². The summed E-state index contributed by atoms with van der Waals surface area (Å²) < 4.78 is 10.4. The smallest absolute Gasteiger partial charge is 0.314 e. The molecule has 0 saturated heterocycles. The van der Waals surface area contributed by atoms with Crippen molar-refractivity contribution in [3.63, 3.8) is 0 Å². The van der Waals surface area contributed by atoms with Crippen LogP contribution in [0.1, 0.15) is 24.8 Å². The van der Waals surface area contributed by atoms with Crippen LogP contribution in [0.15, 0.2) is 12.4 Å². The molecule has 0 atom stereocenters. The Labute approximate surface area is 99.4 Å². The lowest BCUT2D eigenvalue weighted by Crippen LogP contribution is -2.42. The summed E-state index contributed by atoms with van der Waals surface area (Å²) in [5.74, 6) is 0.129. The largest absolute Gasteiger partial charge is 0.495 e. The average molecular weight is 237 g/mol. The number of pyridine rings is 1. The van der Waals surface area contributed by atoms with Crippen LogP contribution in [0.5, 0.6) is 11.5 Å². The van der Waals surface area contributed by atoms with E-state index in [4.69, 9.17) is 9.47 Å². The number of rotatable bonds is 4. The van der Waals surface area contributed by atoms with Crippen LogP contribution in [0.3, 0.4) is 0 Å². The molecular weight excluding hydrogens is 222 g/mol. The van der Waals surface area contributed by atoms with Crippen molar-refractivity contribution in [2.45, 2.75) is 24.7 Å². The molecule has 1 N–H and O–H groups in total. The Morgan fingerprint density at radius 3 is 2.12 bits per heavy atom. The first-order valence-corrected chi connectivity index (χ1v) is 5.45. The van der Waals surface area contributed by atoms with Gasteiger partial charge in [-0.25, -0.2) is 0 Å². The first-order chi connectivity index (χ1) is 8.15. The Hall–Kier alpha value is -1.78. The van der Waals surface area contributed by atoms with Gasteiger partial charge in [0.25, 0.3) is 0 Å². The maximum atomic E-state index is 11.5. The molecule has 1 aromatic heterocycles. The number of aromatic nitrogens is 1. The van der Waals surface area contributed by atoms with Crippen molar-refractivity contribution in [3.05, 3.63) is 18.0 Å². The maximum absolute atomic E-state index is 11.5. The number of ether oxygens (including phenoxy) is 2. The van der Waals surface area contributed by atoms with E-state index < -0.39 is 11.4 Å². The van der Waals surface area contributed by atoms with Gasteiger partial charge in [0.1, 0.15) is 16.9 Å². The van der Waals surface area contributed by atoms with Crippen LogP contribution in [-0.2, 0) is 10.2 Å². The van der Waals surface area contributed by atoms with E-state index >= 15 is 0 Å². The van der Waals surface area contributed by atoms with Gasteiger partial charge in [0.2, 0.25) is 0 Å². The maximum Gasteiger partial charge on any atom is 0.314 e. The van der Waals surface area contributed by atoms with Gasteiger partial charge in [0.15, 0.2) is 0 Å². The highest BCUT2D eigenvalue weighted by Crippen LogP contribution is 2.50. The quantitative estimate of drug-likeness (QED) is 0.861. The molecule has 0 bridgehead atoms. The molecule has 0 aliphatic heterocycles. The summed E-state index contributed by atoms with van der Waals surface area (Å²) in [7, 11) is 3.02. The van der Waals surface area contributed by atoms with Crippen molar-refractivity contribution in [2.75, 3.05) is 14.2 Å². The van der Waals surface area contributed by atoms with Gasteiger partial charge in [0, 0.05) is 0 Å². The van der Waals surface area contributed by atoms with E-state index in [1.807, 2.05) is 0 Å². The minimum Gasteiger partial charge on any atom is -0.495 e. The van der Waals surface area contributed by atoms with Gasteiger partial charge >= 0.3 is 5.97 Å². The van der Waals surface area contributed by atoms with Crippen LogP contribution in [0, 0.1) is 0 Å². The zero-order valence-electron chi connectivity index (χ0n) is 9.90. The second-order valence-electron chi connectivity index (χ2n) is 4.16. The molecule has 1 aliphatic carbocycles. The normalized spacial score (nSPS) is 17.1. The second-order valence-corrected chi connectivity index (χ2v) is 4.16. The van der Waals surface area contributed by atoms with Crippen LogP contribution in [0.4, 0.5) is 0 Å². The van der Waals surface area contributed by atoms with Crippen LogP contribution in [0.25, 0.3) is 0 Å². The zero-order valence-corrected chi connectivity index (χ0v) is 9.90. The monoisotopic (exact) mass is 237 g/mol. The first kappa shape index (κ1) is 11.7. The Morgan fingerprint density at radius 2 is 1.82 bits per heavy atom. The topological polar surface area (TPSA) is 68.7 Å². The van der Waals surface area contributed by atoms with E-state index in [2.05, 4.69) is 4.98 Å². The lowest BCUT2D eigenvalue weighted by molar-refractivity contribution is -0.147. The Balaban J connectivity index is 2.59. The fourth-order valence-electron chi connectivity index (χ4n) is 2.31. The molecule has 0 spiro atoms. The van der Waals surface area contributed by atoms with Gasteiger partial charge in [0.05, 0.1) is 32.2 Å². The summed E-state index contributed by atoms with van der Waals surface area (Å²) in [5, 5.41) is 9.45. The highest BCUT2D eigenvalue weighted by molar-refractivity contribution is 5.84. The fraction of sp³-hybridized carbons (Fsp3) is 0.500. The third kappa shape index (κ3) is 1.62. The third-order valence-corrected chi connectivity index (χ3v) is 3.41. The van der Waals surface area contributed by atoms with E-state index in [0.717, 1.165) is 6.42 Å². The molecule has 0 aromatic carbocycles. The van der Waals surface area contributed by atoms with Gasteiger partial charge < -0.3 is 14.6 Å². The number of carboxylic acid groups (broad SMARTS) is 1. The molecule has 1 fully saturated rings. The first-order valence-electron chi connectivity index (χ1n) is 5.45. The predicted octanol–water partition coefficient (Wildman–Crippen LogP) is 1.61. The highest BCUT2D eigenvalue weighted by Gasteiger charge is 2.49. The summed E-state index contributed by atoms with van der Waals surface area (Å²) in [5.41, 5.74) is -0.268. The molecule has 5 heteroatoms. The summed E-state index contributed by atoms with van der Waals surface area (Å²) in [6, 6.07) is 0. The molecule has 0 amide bonds. The summed E-state index contributed by atoms with van der Waals surface area (Å²) in [6.07, 6.45) is 5.18. The van der Waals surface area contributed by atoms with Crippen LogP contribution in [0.2, 0.25) is 0 Å². The Kier molecular flexibility index (Phi) is 2.92. The van der Waals surface area contributed by atoms with E-state index in [9.17, 15) is 9.90 Å². The van der Waals surface area contributed by atoms with E-state index in [1.54, 1.807) is 0 Å². The van der Waals surface area contributed by atoms with E-state index in [-0.39, 0.29) is 0 Å². The van der Waals surface area contributed by atoms with Crippen LogP contribution < -0.4 is 9.47 Å². The number of methoxy groups -OCH3 is 2. The SMILES string of the molecule is COc1cncc(OC)c1C1(C(=O)O)CCC1. The van der Waals surface area contributed by atoms with Crippen molar-refractivity contribution < 1.29 is 19.4 Å². The molecule has 1 aromatic rings. The van der Waals surface area contributed by atoms with Crippen molar-refractivity contribution >= 4 is 5.97 Å². The van der Waals surface area contributed by atoms with Crippen molar-refractivity contribution in [1.29, 1.82) is 0 Å². The standard InChI is InChI=1S/C12H15NO4/c1-16-8-6-13-7-9(17-2)10(8)12(11(14)15)4-3-5-12/h6-7H,3-5H2,1-2H3,(H,14,15). The molecule has 1 saturated carbocycles. The Bertz CT molecular complexity index is 418. The minimum absolute atomic E-state index is 0.478. The van der Waals surface area contributed by atoms with Gasteiger partial charge in [-0.1, -0.05) is 6.42 Å². The number of hydrogen-bond donors (Lipinski definition) is 1. The molecule has 0 radical (unpaired) electrons. The molecule has 0 unspecified atom stereocenters. The van der Waals surface area contributed by atoms with Gasteiger partial charge in [-0.15, -0.1) is 0 Å². The minimum atomic E-state index is -0.875. The molecule has 92 valence electrons. The summed E-state index contributed by atoms with van der Waals surface area (Å²) in [4.78, 5) is 15.5. The van der Waals surface area contributed by atoms with E-state index in [0.29, 0.717) is 29.9 Å². The highest BCUT2D eigenvalue weighted by atomic mass is 16.5. The third-order valence-electron chi connectivity index (χ3n) is 3.41.